The smallest absolute Gasteiger partial charge is 0.156 e. The highest BCUT2D eigenvalue weighted by Gasteiger charge is 2.23. The van der Waals surface area contributed by atoms with Crippen molar-refractivity contribution in [2.75, 3.05) is 32.7 Å². The van der Waals surface area contributed by atoms with Crippen LogP contribution in [0.15, 0.2) is 22.0 Å². The van der Waals surface area contributed by atoms with Crippen molar-refractivity contribution in [3.63, 3.8) is 0 Å². The van der Waals surface area contributed by atoms with Gasteiger partial charge < -0.3 is 15.8 Å². The first-order valence-electron chi connectivity index (χ1n) is 6.65. The zero-order valence-electron chi connectivity index (χ0n) is 11.3. The molecule has 0 radical (unpaired) electrons. The third kappa shape index (κ3) is 3.92. The van der Waals surface area contributed by atoms with Gasteiger partial charge in [-0.2, -0.15) is 11.3 Å². The molecule has 1 fully saturated rings. The summed E-state index contributed by atoms with van der Waals surface area (Å²) in [5.74, 6) is 0.298. The zero-order chi connectivity index (χ0) is 13.7. The molecule has 2 heterocycles. The van der Waals surface area contributed by atoms with Crippen LogP contribution < -0.4 is 5.73 Å². The highest BCUT2D eigenvalue weighted by Crippen LogP contribution is 2.10. The molecule has 0 bridgehead atoms. The van der Waals surface area contributed by atoms with Gasteiger partial charge >= 0.3 is 0 Å². The SMILES string of the molecule is CC(C(N)=NO)N1CCN(CCc2ccsc2)CC1. The fourth-order valence-corrected chi connectivity index (χ4v) is 3.07. The van der Waals surface area contributed by atoms with E-state index in [1.807, 2.05) is 6.92 Å². The van der Waals surface area contributed by atoms with Crippen LogP contribution in [0.5, 0.6) is 0 Å². The molecule has 1 unspecified atom stereocenters. The maximum absolute atomic E-state index is 8.70. The highest BCUT2D eigenvalue weighted by molar-refractivity contribution is 7.07. The molecule has 0 amide bonds. The molecule has 0 aromatic carbocycles. The van der Waals surface area contributed by atoms with Crippen LogP contribution in [-0.4, -0.2) is 59.6 Å². The Balaban J connectivity index is 1.73. The van der Waals surface area contributed by atoms with Crippen LogP contribution in [0.4, 0.5) is 0 Å². The molecule has 19 heavy (non-hydrogen) atoms. The summed E-state index contributed by atoms with van der Waals surface area (Å²) in [6.07, 6.45) is 1.12. The highest BCUT2D eigenvalue weighted by atomic mass is 32.1. The van der Waals surface area contributed by atoms with Crippen molar-refractivity contribution in [2.24, 2.45) is 10.9 Å². The second-order valence-electron chi connectivity index (χ2n) is 4.96. The molecule has 1 aromatic rings. The standard InChI is InChI=1S/C13H22N4OS/c1-11(13(14)15-18)17-7-5-16(6-8-17)4-2-12-3-9-19-10-12/h3,9-11,18H,2,4-8H2,1H3,(H2,14,15). The number of amidine groups is 1. The lowest BCUT2D eigenvalue weighted by atomic mass is 10.2. The topological polar surface area (TPSA) is 65.1 Å². The van der Waals surface area contributed by atoms with Crippen molar-refractivity contribution in [3.8, 4) is 0 Å². The second kappa shape index (κ2) is 6.88. The van der Waals surface area contributed by atoms with E-state index in [2.05, 4.69) is 31.8 Å². The predicted octanol–water partition coefficient (Wildman–Crippen LogP) is 1.04. The molecule has 106 valence electrons. The lowest BCUT2D eigenvalue weighted by Crippen LogP contribution is -2.53. The Morgan fingerprint density at radius 1 is 1.47 bits per heavy atom. The molecule has 0 spiro atoms. The number of nitrogens with two attached hydrogens (primary N) is 1. The van der Waals surface area contributed by atoms with E-state index in [9.17, 15) is 0 Å². The zero-order valence-corrected chi connectivity index (χ0v) is 12.1. The Labute approximate surface area is 118 Å². The summed E-state index contributed by atoms with van der Waals surface area (Å²) >= 11 is 1.76. The van der Waals surface area contributed by atoms with E-state index in [1.54, 1.807) is 11.3 Å². The summed E-state index contributed by atoms with van der Waals surface area (Å²) < 4.78 is 0. The maximum Gasteiger partial charge on any atom is 0.156 e. The van der Waals surface area contributed by atoms with Crippen LogP contribution in [-0.2, 0) is 6.42 Å². The van der Waals surface area contributed by atoms with Gasteiger partial charge in [0, 0.05) is 32.7 Å². The van der Waals surface area contributed by atoms with Crippen LogP contribution in [0.2, 0.25) is 0 Å². The molecule has 6 heteroatoms. The number of hydrogen-bond acceptors (Lipinski definition) is 5. The van der Waals surface area contributed by atoms with Gasteiger partial charge in [-0.3, -0.25) is 4.90 Å². The first-order chi connectivity index (χ1) is 9.20. The number of oxime groups is 1. The van der Waals surface area contributed by atoms with Gasteiger partial charge in [0.1, 0.15) is 0 Å². The molecule has 1 atom stereocenters. The molecule has 3 N–H and O–H groups in total. The van der Waals surface area contributed by atoms with E-state index in [0.717, 1.165) is 39.1 Å². The van der Waals surface area contributed by atoms with Crippen molar-refractivity contribution < 1.29 is 5.21 Å². The van der Waals surface area contributed by atoms with Gasteiger partial charge in [0.05, 0.1) is 6.04 Å². The lowest BCUT2D eigenvalue weighted by molar-refractivity contribution is 0.122. The van der Waals surface area contributed by atoms with Gasteiger partial charge in [0.2, 0.25) is 0 Å². The van der Waals surface area contributed by atoms with Gasteiger partial charge in [0.15, 0.2) is 5.84 Å². The predicted molar refractivity (Wildman–Crippen MR) is 78.9 cm³/mol. The van der Waals surface area contributed by atoms with Crippen molar-refractivity contribution >= 4 is 17.2 Å². The molecule has 0 aliphatic carbocycles. The first kappa shape index (κ1) is 14.3. The largest absolute Gasteiger partial charge is 0.409 e. The summed E-state index contributed by atoms with van der Waals surface area (Å²) in [5.41, 5.74) is 7.08. The van der Waals surface area contributed by atoms with Gasteiger partial charge in [-0.15, -0.1) is 0 Å². The molecule has 1 aliphatic rings. The minimum Gasteiger partial charge on any atom is -0.409 e. The fraction of sp³-hybridized carbons (Fsp3) is 0.615. The van der Waals surface area contributed by atoms with Crippen molar-refractivity contribution in [3.05, 3.63) is 22.4 Å². The van der Waals surface area contributed by atoms with E-state index in [0.29, 0.717) is 5.84 Å². The van der Waals surface area contributed by atoms with Crippen LogP contribution >= 0.6 is 11.3 Å². The Bertz CT molecular complexity index is 399. The molecule has 1 aliphatic heterocycles. The van der Waals surface area contributed by atoms with Crippen LogP contribution in [0.25, 0.3) is 0 Å². The van der Waals surface area contributed by atoms with Crippen molar-refractivity contribution in [1.82, 2.24) is 9.80 Å². The molecule has 1 aromatic heterocycles. The van der Waals surface area contributed by atoms with Gasteiger partial charge in [-0.1, -0.05) is 5.16 Å². The van der Waals surface area contributed by atoms with E-state index in [4.69, 9.17) is 10.9 Å². The van der Waals surface area contributed by atoms with Crippen LogP contribution in [0.3, 0.4) is 0 Å². The van der Waals surface area contributed by atoms with E-state index < -0.39 is 0 Å². The Hall–Kier alpha value is -1.11. The average molecular weight is 282 g/mol. The summed E-state index contributed by atoms with van der Waals surface area (Å²) in [6, 6.07) is 2.21. The fourth-order valence-electron chi connectivity index (χ4n) is 2.37. The maximum atomic E-state index is 8.70. The summed E-state index contributed by atoms with van der Waals surface area (Å²) in [4.78, 5) is 4.74. The quantitative estimate of drug-likeness (QED) is 0.367. The minimum atomic E-state index is 0.0176. The molecule has 0 saturated carbocycles. The van der Waals surface area contributed by atoms with E-state index in [-0.39, 0.29) is 6.04 Å². The first-order valence-corrected chi connectivity index (χ1v) is 7.60. The number of rotatable bonds is 5. The minimum absolute atomic E-state index is 0.0176. The van der Waals surface area contributed by atoms with E-state index in [1.165, 1.54) is 5.56 Å². The third-order valence-corrected chi connectivity index (χ3v) is 4.53. The normalized spacial score (nSPS) is 20.6. The van der Waals surface area contributed by atoms with Gasteiger partial charge in [-0.05, 0) is 35.7 Å². The Kier molecular flexibility index (Phi) is 5.18. The summed E-state index contributed by atoms with van der Waals surface area (Å²) in [6.45, 7) is 7.14. The number of nitrogens with zero attached hydrogens (tertiary/aromatic N) is 3. The van der Waals surface area contributed by atoms with Crippen LogP contribution in [0, 0.1) is 0 Å². The molecule has 2 rings (SSSR count). The molecule has 1 saturated heterocycles. The Morgan fingerprint density at radius 2 is 2.21 bits per heavy atom. The number of thiophene rings is 1. The summed E-state index contributed by atoms with van der Waals surface area (Å²) in [7, 11) is 0. The summed E-state index contributed by atoms with van der Waals surface area (Å²) in [5, 5.41) is 16.1. The van der Waals surface area contributed by atoms with Crippen LogP contribution in [0.1, 0.15) is 12.5 Å². The van der Waals surface area contributed by atoms with E-state index >= 15 is 0 Å². The van der Waals surface area contributed by atoms with Crippen molar-refractivity contribution in [2.45, 2.75) is 19.4 Å². The average Bonchev–Trinajstić information content (AvgIpc) is 2.97. The number of hydrogen-bond donors (Lipinski definition) is 2. The number of piperazine rings is 1. The van der Waals surface area contributed by atoms with Crippen molar-refractivity contribution in [1.29, 1.82) is 0 Å². The lowest BCUT2D eigenvalue weighted by Gasteiger charge is -2.37. The molecule has 5 nitrogen and oxygen atoms in total. The third-order valence-electron chi connectivity index (χ3n) is 3.79. The van der Waals surface area contributed by atoms with Gasteiger partial charge in [0.25, 0.3) is 0 Å². The van der Waals surface area contributed by atoms with Gasteiger partial charge in [-0.25, -0.2) is 0 Å². The molecular weight excluding hydrogens is 260 g/mol. The Morgan fingerprint density at radius 3 is 2.79 bits per heavy atom. The second-order valence-corrected chi connectivity index (χ2v) is 5.74. The molecular formula is C13H22N4OS. The monoisotopic (exact) mass is 282 g/mol.